The molecule has 0 aliphatic heterocycles. The Bertz CT molecular complexity index is 1500. The van der Waals surface area contributed by atoms with E-state index in [1.54, 1.807) is 16.7 Å². The van der Waals surface area contributed by atoms with Gasteiger partial charge < -0.3 is 0 Å². The van der Waals surface area contributed by atoms with Crippen LogP contribution in [0.2, 0.25) is 0 Å². The molecule has 0 fully saturated rings. The van der Waals surface area contributed by atoms with Crippen LogP contribution in [0, 0.1) is 6.92 Å². The molecule has 160 valence electrons. The fourth-order valence-corrected chi connectivity index (χ4v) is 5.34. The van der Waals surface area contributed by atoms with E-state index >= 15 is 0 Å². The smallest absolute Gasteiger partial charge is 0.292 e. The Hall–Kier alpha value is -3.58. The summed E-state index contributed by atoms with van der Waals surface area (Å²) in [5.41, 5.74) is 3.04. The first-order valence-electron chi connectivity index (χ1n) is 10.6. The van der Waals surface area contributed by atoms with Crippen molar-refractivity contribution in [3.05, 3.63) is 98.5 Å². The third-order valence-corrected chi connectivity index (χ3v) is 6.85. The summed E-state index contributed by atoms with van der Waals surface area (Å²) in [5.74, 6) is 0.481. The van der Waals surface area contributed by atoms with Gasteiger partial charge in [0.1, 0.15) is 4.83 Å². The molecular formula is C25H22N4O2S. The molecule has 32 heavy (non-hydrogen) atoms. The van der Waals surface area contributed by atoms with Gasteiger partial charge in [0, 0.05) is 16.9 Å². The van der Waals surface area contributed by atoms with E-state index in [1.807, 2.05) is 48.5 Å². The Kier molecular flexibility index (Phi) is 5.19. The molecule has 0 aliphatic rings. The van der Waals surface area contributed by atoms with Crippen LogP contribution in [0.25, 0.3) is 15.9 Å². The SMILES string of the molecule is CCc1c(C)sc2c1c1nc(Cc3ccccc3)nn1c(=O)n2CC(=O)c1ccccc1. The Morgan fingerprint density at radius 3 is 2.41 bits per heavy atom. The van der Waals surface area contributed by atoms with Crippen molar-refractivity contribution in [3.8, 4) is 0 Å². The van der Waals surface area contributed by atoms with Crippen LogP contribution >= 0.6 is 11.3 Å². The second-order valence-electron chi connectivity index (χ2n) is 7.75. The van der Waals surface area contributed by atoms with E-state index in [-0.39, 0.29) is 18.0 Å². The molecular weight excluding hydrogens is 420 g/mol. The van der Waals surface area contributed by atoms with Gasteiger partial charge in [-0.05, 0) is 24.5 Å². The number of nitrogens with zero attached hydrogens (tertiary/aromatic N) is 4. The summed E-state index contributed by atoms with van der Waals surface area (Å²) in [6.45, 7) is 4.11. The molecule has 3 heterocycles. The zero-order valence-corrected chi connectivity index (χ0v) is 18.7. The topological polar surface area (TPSA) is 69.3 Å². The lowest BCUT2D eigenvalue weighted by Crippen LogP contribution is -2.30. The van der Waals surface area contributed by atoms with Crippen molar-refractivity contribution in [3.63, 3.8) is 0 Å². The zero-order chi connectivity index (χ0) is 22.2. The number of carbonyl (C=O) groups is 1. The van der Waals surface area contributed by atoms with Crippen molar-refractivity contribution in [2.75, 3.05) is 0 Å². The molecule has 2 aromatic carbocycles. The lowest BCUT2D eigenvalue weighted by atomic mass is 10.1. The molecule has 0 N–H and O–H groups in total. The van der Waals surface area contributed by atoms with Crippen LogP contribution in [-0.4, -0.2) is 24.9 Å². The number of benzene rings is 2. The van der Waals surface area contributed by atoms with Crippen LogP contribution in [0.1, 0.15) is 39.1 Å². The van der Waals surface area contributed by atoms with E-state index < -0.39 is 0 Å². The fourth-order valence-electron chi connectivity index (χ4n) is 4.11. The highest BCUT2D eigenvalue weighted by molar-refractivity contribution is 7.19. The van der Waals surface area contributed by atoms with E-state index in [9.17, 15) is 9.59 Å². The molecule has 3 aromatic heterocycles. The average Bonchev–Trinajstić information content (AvgIpc) is 3.38. The summed E-state index contributed by atoms with van der Waals surface area (Å²) in [6, 6.07) is 19.0. The van der Waals surface area contributed by atoms with E-state index in [1.165, 1.54) is 15.9 Å². The molecule has 0 bridgehead atoms. The second kappa shape index (κ2) is 8.16. The highest BCUT2D eigenvalue weighted by atomic mass is 32.1. The summed E-state index contributed by atoms with van der Waals surface area (Å²) in [7, 11) is 0. The molecule has 0 atom stereocenters. The largest absolute Gasteiger partial charge is 0.352 e. The van der Waals surface area contributed by atoms with Crippen LogP contribution in [-0.2, 0) is 19.4 Å². The van der Waals surface area contributed by atoms with Crippen LogP contribution in [0.3, 0.4) is 0 Å². The third kappa shape index (κ3) is 3.44. The maximum absolute atomic E-state index is 13.5. The Morgan fingerprint density at radius 2 is 1.72 bits per heavy atom. The highest BCUT2D eigenvalue weighted by Gasteiger charge is 2.22. The number of aromatic nitrogens is 4. The van der Waals surface area contributed by atoms with E-state index in [4.69, 9.17) is 4.98 Å². The van der Waals surface area contributed by atoms with Gasteiger partial charge in [0.2, 0.25) is 0 Å². The number of carbonyl (C=O) groups excluding carboxylic acids is 1. The molecule has 0 saturated heterocycles. The van der Waals surface area contributed by atoms with Gasteiger partial charge in [-0.3, -0.25) is 9.36 Å². The van der Waals surface area contributed by atoms with Gasteiger partial charge in [-0.25, -0.2) is 9.78 Å². The lowest BCUT2D eigenvalue weighted by Gasteiger charge is -2.08. The summed E-state index contributed by atoms with van der Waals surface area (Å²) in [5, 5.41) is 5.47. The highest BCUT2D eigenvalue weighted by Crippen LogP contribution is 2.33. The number of fused-ring (bicyclic) bond motifs is 3. The van der Waals surface area contributed by atoms with Crippen LogP contribution < -0.4 is 5.69 Å². The molecule has 0 unspecified atom stereocenters. The van der Waals surface area contributed by atoms with Crippen molar-refractivity contribution in [1.82, 2.24) is 19.2 Å². The van der Waals surface area contributed by atoms with Crippen molar-refractivity contribution < 1.29 is 4.79 Å². The van der Waals surface area contributed by atoms with Gasteiger partial charge in [-0.2, -0.15) is 4.52 Å². The van der Waals surface area contributed by atoms with Crippen LogP contribution in [0.5, 0.6) is 0 Å². The number of hydrogen-bond acceptors (Lipinski definition) is 5. The molecule has 7 heteroatoms. The summed E-state index contributed by atoms with van der Waals surface area (Å²) < 4.78 is 2.92. The minimum absolute atomic E-state index is 0.0354. The van der Waals surface area contributed by atoms with Gasteiger partial charge in [0.25, 0.3) is 0 Å². The number of thiophene rings is 1. The number of Topliss-reactive ketones (excluding diaryl/α,β-unsaturated/α-hetero) is 1. The van der Waals surface area contributed by atoms with Crippen LogP contribution in [0.4, 0.5) is 0 Å². The van der Waals surface area contributed by atoms with E-state index in [0.717, 1.165) is 32.6 Å². The summed E-state index contributed by atoms with van der Waals surface area (Å²) in [4.78, 5) is 33.1. The van der Waals surface area contributed by atoms with E-state index in [0.29, 0.717) is 23.5 Å². The number of rotatable bonds is 6. The maximum Gasteiger partial charge on any atom is 0.352 e. The first-order valence-corrected chi connectivity index (χ1v) is 11.4. The number of aryl methyl sites for hydroxylation is 2. The van der Waals surface area contributed by atoms with E-state index in [2.05, 4.69) is 18.9 Å². The molecule has 0 spiro atoms. The molecule has 0 radical (unpaired) electrons. The minimum Gasteiger partial charge on any atom is -0.292 e. The van der Waals surface area contributed by atoms with Crippen molar-refractivity contribution in [2.45, 2.75) is 33.2 Å². The summed E-state index contributed by atoms with van der Waals surface area (Å²) in [6.07, 6.45) is 1.35. The summed E-state index contributed by atoms with van der Waals surface area (Å²) >= 11 is 1.54. The molecule has 6 nitrogen and oxygen atoms in total. The Labute approximate surface area is 188 Å². The van der Waals surface area contributed by atoms with Gasteiger partial charge >= 0.3 is 5.69 Å². The molecule has 5 rings (SSSR count). The predicted molar refractivity (Wildman–Crippen MR) is 127 cm³/mol. The lowest BCUT2D eigenvalue weighted by molar-refractivity contribution is 0.0972. The number of hydrogen-bond donors (Lipinski definition) is 0. The predicted octanol–water partition coefficient (Wildman–Crippen LogP) is 4.45. The second-order valence-corrected chi connectivity index (χ2v) is 8.96. The molecule has 5 aromatic rings. The van der Waals surface area contributed by atoms with Crippen molar-refractivity contribution in [1.29, 1.82) is 0 Å². The average molecular weight is 443 g/mol. The standard InChI is InChI=1S/C25H22N4O2S/c1-3-19-16(2)32-24-22(19)23-26-21(14-17-10-6-4-7-11-17)27-29(23)25(31)28(24)15-20(30)18-12-8-5-9-13-18/h4-13H,3,14-15H2,1-2H3. The Balaban J connectivity index is 1.70. The molecule has 0 saturated carbocycles. The molecule has 0 aliphatic carbocycles. The quantitative estimate of drug-likeness (QED) is 0.364. The minimum atomic E-state index is -0.340. The Morgan fingerprint density at radius 1 is 1.03 bits per heavy atom. The first kappa shape index (κ1) is 20.3. The zero-order valence-electron chi connectivity index (χ0n) is 17.9. The van der Waals surface area contributed by atoms with Crippen molar-refractivity contribution in [2.24, 2.45) is 0 Å². The van der Waals surface area contributed by atoms with Gasteiger partial charge in [0.05, 0.1) is 11.9 Å². The molecule has 0 amide bonds. The third-order valence-electron chi connectivity index (χ3n) is 5.68. The number of ketones is 1. The fraction of sp³-hybridized carbons (Fsp3) is 0.200. The first-order chi connectivity index (χ1) is 15.6. The van der Waals surface area contributed by atoms with Crippen molar-refractivity contribution >= 4 is 33.0 Å². The van der Waals surface area contributed by atoms with Gasteiger partial charge in [-0.1, -0.05) is 67.6 Å². The monoisotopic (exact) mass is 442 g/mol. The van der Waals surface area contributed by atoms with Gasteiger partial charge in [0.15, 0.2) is 17.3 Å². The van der Waals surface area contributed by atoms with Crippen LogP contribution in [0.15, 0.2) is 65.5 Å². The maximum atomic E-state index is 13.5. The van der Waals surface area contributed by atoms with Gasteiger partial charge in [-0.15, -0.1) is 16.4 Å². The normalized spacial score (nSPS) is 11.4.